The van der Waals surface area contributed by atoms with E-state index in [0.717, 1.165) is 10.6 Å². The fourth-order valence-corrected chi connectivity index (χ4v) is 2.55. The number of nitrogens with zero attached hydrogens (tertiary/aromatic N) is 3. The molecule has 0 bridgehead atoms. The van der Waals surface area contributed by atoms with Crippen LogP contribution in [0.25, 0.3) is 0 Å². The van der Waals surface area contributed by atoms with E-state index in [1.54, 1.807) is 24.3 Å². The van der Waals surface area contributed by atoms with E-state index in [1.165, 1.54) is 18.2 Å². The molecule has 2 aromatic carbocycles. The average molecular weight is 311 g/mol. The lowest BCUT2D eigenvalue weighted by atomic mass is 10.1. The summed E-state index contributed by atoms with van der Waals surface area (Å²) in [6.45, 7) is 0. The predicted molar refractivity (Wildman–Crippen MR) is 85.0 cm³/mol. The summed E-state index contributed by atoms with van der Waals surface area (Å²) < 4.78 is 0. The third kappa shape index (κ3) is 2.22. The molecule has 2 amide bonds. The van der Waals surface area contributed by atoms with Crippen LogP contribution in [0.3, 0.4) is 0 Å². The van der Waals surface area contributed by atoms with Crippen LogP contribution in [0.2, 0.25) is 0 Å². The van der Waals surface area contributed by atoms with Crippen molar-refractivity contribution >= 4 is 28.9 Å². The van der Waals surface area contributed by atoms with Crippen LogP contribution in [0.1, 0.15) is 20.7 Å². The van der Waals surface area contributed by atoms with E-state index < -0.39 is 16.7 Å². The second-order valence-corrected chi connectivity index (χ2v) is 5.31. The van der Waals surface area contributed by atoms with Gasteiger partial charge in [0.05, 0.1) is 16.2 Å². The highest BCUT2D eigenvalue weighted by Crippen LogP contribution is 2.34. The van der Waals surface area contributed by atoms with Gasteiger partial charge in [0.15, 0.2) is 0 Å². The van der Waals surface area contributed by atoms with Gasteiger partial charge in [0.1, 0.15) is 5.56 Å². The standard InChI is InChI=1S/C16H13N3O4/c1-17(2)10-6-8-11(9-7-10)18-15(20)12-4-3-5-13(19(22)23)14(12)16(18)21/h3-9H,1-2H3. The molecule has 0 saturated heterocycles. The van der Waals surface area contributed by atoms with Crippen molar-refractivity contribution in [2.45, 2.75) is 0 Å². The van der Waals surface area contributed by atoms with Crippen LogP contribution in [-0.4, -0.2) is 30.8 Å². The lowest BCUT2D eigenvalue weighted by molar-refractivity contribution is -0.385. The fourth-order valence-electron chi connectivity index (χ4n) is 2.55. The van der Waals surface area contributed by atoms with Crippen molar-refractivity contribution in [3.63, 3.8) is 0 Å². The molecule has 23 heavy (non-hydrogen) atoms. The van der Waals surface area contributed by atoms with Crippen molar-refractivity contribution in [3.8, 4) is 0 Å². The molecule has 0 spiro atoms. The molecule has 7 heteroatoms. The van der Waals surface area contributed by atoms with Crippen LogP contribution in [0, 0.1) is 10.1 Å². The summed E-state index contributed by atoms with van der Waals surface area (Å²) in [7, 11) is 3.75. The maximum atomic E-state index is 12.5. The van der Waals surface area contributed by atoms with Crippen molar-refractivity contribution in [2.75, 3.05) is 23.9 Å². The minimum atomic E-state index is -0.671. The first-order valence-electron chi connectivity index (χ1n) is 6.85. The molecule has 0 saturated carbocycles. The van der Waals surface area contributed by atoms with Gasteiger partial charge in [0.25, 0.3) is 17.5 Å². The van der Waals surface area contributed by atoms with E-state index in [2.05, 4.69) is 0 Å². The van der Waals surface area contributed by atoms with Gasteiger partial charge in [0.2, 0.25) is 0 Å². The van der Waals surface area contributed by atoms with Gasteiger partial charge in [-0.2, -0.15) is 0 Å². The highest BCUT2D eigenvalue weighted by molar-refractivity contribution is 6.35. The molecule has 0 fully saturated rings. The highest BCUT2D eigenvalue weighted by Gasteiger charge is 2.41. The van der Waals surface area contributed by atoms with E-state index in [-0.39, 0.29) is 16.8 Å². The van der Waals surface area contributed by atoms with Crippen LogP contribution >= 0.6 is 0 Å². The lowest BCUT2D eigenvalue weighted by Gasteiger charge is -2.16. The van der Waals surface area contributed by atoms with Crippen molar-refractivity contribution in [1.29, 1.82) is 0 Å². The number of anilines is 2. The number of nitro benzene ring substituents is 1. The van der Waals surface area contributed by atoms with Crippen molar-refractivity contribution in [3.05, 3.63) is 63.7 Å². The number of carbonyl (C=O) groups excluding carboxylic acids is 2. The van der Waals surface area contributed by atoms with Gasteiger partial charge in [-0.05, 0) is 30.3 Å². The summed E-state index contributed by atoms with van der Waals surface area (Å²) in [5.74, 6) is -1.22. The average Bonchev–Trinajstić information content (AvgIpc) is 2.79. The van der Waals surface area contributed by atoms with E-state index in [0.29, 0.717) is 5.69 Å². The lowest BCUT2D eigenvalue weighted by Crippen LogP contribution is -2.29. The van der Waals surface area contributed by atoms with Gasteiger partial charge >= 0.3 is 0 Å². The summed E-state index contributed by atoms with van der Waals surface area (Å²) in [6.07, 6.45) is 0. The molecule has 1 aliphatic heterocycles. The van der Waals surface area contributed by atoms with Crippen molar-refractivity contribution < 1.29 is 14.5 Å². The Labute approximate surface area is 131 Å². The molecule has 0 radical (unpaired) electrons. The molecule has 0 atom stereocenters. The van der Waals surface area contributed by atoms with Crippen LogP contribution in [0.5, 0.6) is 0 Å². The zero-order chi connectivity index (χ0) is 16.7. The van der Waals surface area contributed by atoms with Crippen LogP contribution in [0.4, 0.5) is 17.1 Å². The SMILES string of the molecule is CN(C)c1ccc(N2C(=O)c3cccc([N+](=O)[O-])c3C2=O)cc1. The second kappa shape index (κ2) is 5.20. The van der Waals surface area contributed by atoms with Gasteiger partial charge in [-0.3, -0.25) is 19.7 Å². The largest absolute Gasteiger partial charge is 0.378 e. The number of hydrogen-bond donors (Lipinski definition) is 0. The molecule has 116 valence electrons. The zero-order valence-corrected chi connectivity index (χ0v) is 12.5. The van der Waals surface area contributed by atoms with Crippen LogP contribution < -0.4 is 9.80 Å². The molecule has 0 aromatic heterocycles. The Balaban J connectivity index is 2.07. The number of hydrogen-bond acceptors (Lipinski definition) is 5. The number of imide groups is 1. The number of benzene rings is 2. The monoisotopic (exact) mass is 311 g/mol. The van der Waals surface area contributed by atoms with Crippen molar-refractivity contribution in [2.24, 2.45) is 0 Å². The van der Waals surface area contributed by atoms with Crippen LogP contribution in [-0.2, 0) is 0 Å². The highest BCUT2D eigenvalue weighted by atomic mass is 16.6. The summed E-state index contributed by atoms with van der Waals surface area (Å²) in [5, 5.41) is 11.1. The Morgan fingerprint density at radius 1 is 1.00 bits per heavy atom. The maximum absolute atomic E-state index is 12.5. The van der Waals surface area contributed by atoms with Gasteiger partial charge in [-0.15, -0.1) is 0 Å². The quantitative estimate of drug-likeness (QED) is 0.494. The Morgan fingerprint density at radius 3 is 2.22 bits per heavy atom. The normalized spacial score (nSPS) is 13.2. The number of carbonyl (C=O) groups is 2. The van der Waals surface area contributed by atoms with Crippen molar-refractivity contribution in [1.82, 2.24) is 0 Å². The van der Waals surface area contributed by atoms with Gasteiger partial charge in [-0.25, -0.2) is 4.90 Å². The summed E-state index contributed by atoms with van der Waals surface area (Å²) in [4.78, 5) is 38.3. The summed E-state index contributed by atoms with van der Waals surface area (Å²) >= 11 is 0. The number of fused-ring (bicyclic) bond motifs is 1. The van der Waals surface area contributed by atoms with E-state index in [4.69, 9.17) is 0 Å². The van der Waals surface area contributed by atoms with E-state index >= 15 is 0 Å². The minimum Gasteiger partial charge on any atom is -0.378 e. The first-order valence-corrected chi connectivity index (χ1v) is 6.85. The minimum absolute atomic E-state index is 0.0564. The molecule has 1 heterocycles. The molecule has 0 aliphatic carbocycles. The number of amides is 2. The molecule has 3 rings (SSSR count). The molecule has 7 nitrogen and oxygen atoms in total. The van der Waals surface area contributed by atoms with Gasteiger partial charge in [0, 0.05) is 25.8 Å². The smallest absolute Gasteiger partial charge is 0.283 e. The summed E-state index contributed by atoms with van der Waals surface area (Å²) in [6, 6.07) is 10.9. The van der Waals surface area contributed by atoms with E-state index in [9.17, 15) is 19.7 Å². The predicted octanol–water partition coefficient (Wildman–Crippen LogP) is 2.46. The number of rotatable bonds is 3. The fraction of sp³-hybridized carbons (Fsp3) is 0.125. The second-order valence-electron chi connectivity index (χ2n) is 5.31. The van der Waals surface area contributed by atoms with Gasteiger partial charge < -0.3 is 4.90 Å². The Morgan fingerprint density at radius 2 is 1.65 bits per heavy atom. The van der Waals surface area contributed by atoms with Gasteiger partial charge in [-0.1, -0.05) is 6.07 Å². The molecule has 0 unspecified atom stereocenters. The Kier molecular flexibility index (Phi) is 3.33. The third-order valence-electron chi connectivity index (χ3n) is 3.71. The van der Waals surface area contributed by atoms with Crippen LogP contribution in [0.15, 0.2) is 42.5 Å². The first-order chi connectivity index (χ1) is 10.9. The Bertz CT molecular complexity index is 828. The summed E-state index contributed by atoms with van der Waals surface area (Å²) in [5.41, 5.74) is 0.848. The number of nitro groups is 1. The molecular formula is C16H13N3O4. The zero-order valence-electron chi connectivity index (χ0n) is 12.5. The molecule has 1 aliphatic rings. The topological polar surface area (TPSA) is 83.8 Å². The maximum Gasteiger partial charge on any atom is 0.283 e. The Hall–Kier alpha value is -3.22. The molecule has 0 N–H and O–H groups in total. The molecular weight excluding hydrogens is 298 g/mol. The first kappa shape index (κ1) is 14.7. The third-order valence-corrected chi connectivity index (χ3v) is 3.71. The van der Waals surface area contributed by atoms with E-state index in [1.807, 2.05) is 19.0 Å². The molecule has 2 aromatic rings.